The van der Waals surface area contributed by atoms with E-state index in [1.165, 1.54) is 34.8 Å². The van der Waals surface area contributed by atoms with Crippen LogP contribution in [0.4, 0.5) is 0 Å². The molecule has 28 heteroatoms. The number of hydrogen-bond acceptors (Lipinski definition) is 26. The van der Waals surface area contributed by atoms with E-state index in [2.05, 4.69) is 19.9 Å². The van der Waals surface area contributed by atoms with Crippen LogP contribution < -0.4 is 0 Å². The largest absolute Gasteiger partial charge is 0.397 e. The number of ketones is 1. The lowest BCUT2D eigenvalue weighted by Crippen LogP contribution is -2.67. The fourth-order valence-corrected chi connectivity index (χ4v) is 16.2. The number of aliphatic hydroxyl groups excluding tert-OH is 10. The third kappa shape index (κ3) is 13.3. The maximum Gasteiger partial charge on any atom is 0.397 e. The lowest BCUT2D eigenvalue weighted by atomic mass is 9.47. The van der Waals surface area contributed by atoms with E-state index < -0.39 is 199 Å². The third-order valence-corrected chi connectivity index (χ3v) is 21.3. The van der Waals surface area contributed by atoms with E-state index in [0.29, 0.717) is 38.5 Å². The van der Waals surface area contributed by atoms with Crippen LogP contribution in [0, 0.1) is 40.4 Å². The van der Waals surface area contributed by atoms with Crippen LogP contribution in [0.1, 0.15) is 120 Å². The minimum Gasteiger partial charge on any atom is -0.388 e. The predicted molar refractivity (Wildman–Crippen MR) is 289 cm³/mol. The zero-order valence-electron chi connectivity index (χ0n) is 49.9. The van der Waals surface area contributed by atoms with Crippen LogP contribution in [-0.2, 0) is 71.5 Å². The monoisotopic (exact) mass is 1240 g/mol. The van der Waals surface area contributed by atoms with Crippen LogP contribution in [0.15, 0.2) is 11.6 Å². The van der Waals surface area contributed by atoms with Crippen LogP contribution in [0.3, 0.4) is 0 Å². The average molecular weight is 1240 g/mol. The molecule has 9 rings (SSSR count). The molecule has 5 saturated heterocycles. The Morgan fingerprint density at radius 3 is 1.78 bits per heavy atom. The molecule has 0 aromatic rings. The molecule has 0 aromatic carbocycles. The Morgan fingerprint density at radius 1 is 0.635 bits per heavy atom. The molecule has 8 fully saturated rings. The van der Waals surface area contributed by atoms with E-state index in [4.69, 9.17) is 56.3 Å². The van der Waals surface area contributed by atoms with Crippen molar-refractivity contribution in [1.82, 2.24) is 0 Å². The molecule has 33 atom stereocenters. The summed E-state index contributed by atoms with van der Waals surface area (Å²) in [6, 6.07) is 0. The standard InChI is InChI=1S/C57H94O27S/c1-22(2)11-14-35(58)57(9,69)34-13-12-29-28-20-32(31-19-27(84-85(70,71)72)15-17-55(31,7)30(28)16-18-56(29,34)8)79-51-45(68)47(39(62)26(6)76-51)81-53-48(82-52-44(67)46(73-10)38(61)25(5)77-52)40(63)33(21-74-53)80-54-49(42(65)37(60)24(4)78-54)83-50-43(66)41(64)36(59)23(3)75-50/h16,22-29,31-34,36-54,59-69H,11-15,17-21H2,1-10H3,(H,70,71,72)/t23-,24-,25-,26-,27+,28?,29?,31?,32+,33-,34+,36+,37-,38-,39-,40+,41+,42+,43-,44-,45-,46+,47+,48-,49-,50+,51+,52+,53+,54+,55-,56+,57-/m1/s1. The molecule has 85 heavy (non-hydrogen) atoms. The lowest BCUT2D eigenvalue weighted by Gasteiger charge is -2.60. The number of ether oxygens (including phenoxy) is 11. The van der Waals surface area contributed by atoms with Gasteiger partial charge in [-0.2, -0.15) is 8.42 Å². The fourth-order valence-electron chi connectivity index (χ4n) is 15.7. The van der Waals surface area contributed by atoms with Gasteiger partial charge in [-0.3, -0.25) is 9.35 Å². The highest BCUT2D eigenvalue weighted by Gasteiger charge is 2.64. The summed E-state index contributed by atoms with van der Waals surface area (Å²) in [4.78, 5) is 13.8. The van der Waals surface area contributed by atoms with Crippen molar-refractivity contribution in [3.8, 4) is 0 Å². The van der Waals surface area contributed by atoms with Crippen molar-refractivity contribution in [3.05, 3.63) is 11.6 Å². The Kier molecular flexibility index (Phi) is 20.9. The molecule has 0 amide bonds. The molecule has 12 N–H and O–H groups in total. The molecule has 0 spiro atoms. The average Bonchev–Trinajstić information content (AvgIpc) is 1.70. The summed E-state index contributed by atoms with van der Waals surface area (Å²) < 4.78 is 107. The van der Waals surface area contributed by atoms with E-state index in [0.717, 1.165) is 5.57 Å². The first-order valence-electron chi connectivity index (χ1n) is 30.2. The van der Waals surface area contributed by atoms with E-state index in [-0.39, 0.29) is 48.7 Å². The highest BCUT2D eigenvalue weighted by molar-refractivity contribution is 7.80. The minimum atomic E-state index is -4.87. The highest BCUT2D eigenvalue weighted by atomic mass is 32.3. The van der Waals surface area contributed by atoms with E-state index in [1.54, 1.807) is 6.92 Å². The Bertz CT molecular complexity index is 2420. The molecule has 5 heterocycles. The SMILES string of the molecule is CO[C@@H]1[C@@H](O)[C@H](O[C@H]2[C@H](O[C@@H]3[C@@H](O)[C@H](O[C@H]4CC5C(=CC[C@@]6(C)C5CC[C@@H]6[C@@](C)(O)C(=O)CCC(C)C)[C@@]5(C)CC[C@H](OS(=O)(=O)O)CC45)O[C@H](C)[C@H]3O)OC[C@@H](O[C@@H]3O[C@H](C)[C@@H](O)[C@H](O)[C@H]3O[C@@H]3O[C@H](C)[C@H](O)[C@H](O)[C@H]3O)[C@@H]2O)O[C@H](C)[C@H]1O. The molecule has 9 aliphatic rings. The van der Waals surface area contributed by atoms with Gasteiger partial charge in [-0.15, -0.1) is 0 Å². The Hall–Kier alpha value is -1.60. The number of carbonyl (C=O) groups is 1. The molecule has 27 nitrogen and oxygen atoms in total. The molecule has 490 valence electrons. The molecular formula is C57H94O27S. The Labute approximate surface area is 496 Å². The number of Topliss-reactive ketones (excluding diaryl/α,β-unsaturated/α-hetero) is 1. The third-order valence-electron chi connectivity index (χ3n) is 20.8. The minimum absolute atomic E-state index is 0.0296. The predicted octanol–water partition coefficient (Wildman–Crippen LogP) is -0.995. The molecule has 5 aliphatic heterocycles. The molecular weight excluding hydrogens is 1150 g/mol. The zero-order chi connectivity index (χ0) is 62.3. The summed E-state index contributed by atoms with van der Waals surface area (Å²) in [6.07, 6.45) is -33.2. The van der Waals surface area contributed by atoms with Crippen LogP contribution in [-0.4, -0.2) is 254 Å². The number of fused-ring (bicyclic) bond motifs is 5. The summed E-state index contributed by atoms with van der Waals surface area (Å²) in [6.45, 7) is 15.2. The molecule has 3 saturated carbocycles. The van der Waals surface area contributed by atoms with Gasteiger partial charge in [-0.1, -0.05) is 39.3 Å². The summed E-state index contributed by atoms with van der Waals surface area (Å²) in [5.41, 5.74) is -1.60. The van der Waals surface area contributed by atoms with Crippen molar-refractivity contribution in [2.75, 3.05) is 13.7 Å². The van der Waals surface area contributed by atoms with Gasteiger partial charge in [0.25, 0.3) is 0 Å². The number of rotatable bonds is 18. The van der Waals surface area contributed by atoms with Gasteiger partial charge in [-0.25, -0.2) is 4.18 Å². The summed E-state index contributed by atoms with van der Waals surface area (Å²) in [5.74, 6) is -0.970. The van der Waals surface area contributed by atoms with Gasteiger partial charge < -0.3 is 108 Å². The van der Waals surface area contributed by atoms with Crippen molar-refractivity contribution in [2.45, 2.75) is 285 Å². The second kappa shape index (κ2) is 26.2. The smallest absolute Gasteiger partial charge is 0.388 e. The summed E-state index contributed by atoms with van der Waals surface area (Å²) >= 11 is 0. The maximum absolute atomic E-state index is 13.8. The van der Waals surface area contributed by atoms with Gasteiger partial charge in [0, 0.05) is 19.4 Å². The fraction of sp³-hybridized carbons (Fsp3) is 0.947. The summed E-state index contributed by atoms with van der Waals surface area (Å²) in [5, 5.41) is 125. The second-order valence-corrected chi connectivity index (χ2v) is 27.7. The van der Waals surface area contributed by atoms with Crippen LogP contribution >= 0.6 is 0 Å². The molecule has 3 unspecified atom stereocenters. The number of aliphatic hydroxyl groups is 11. The first-order chi connectivity index (χ1) is 39.7. The van der Waals surface area contributed by atoms with E-state index in [1.807, 2.05) is 13.8 Å². The van der Waals surface area contributed by atoms with E-state index >= 15 is 0 Å². The highest BCUT2D eigenvalue weighted by Crippen LogP contribution is 2.67. The first kappa shape index (κ1) is 67.8. The van der Waals surface area contributed by atoms with Crippen molar-refractivity contribution in [1.29, 1.82) is 0 Å². The van der Waals surface area contributed by atoms with Gasteiger partial charge in [0.2, 0.25) is 0 Å². The molecule has 4 aliphatic carbocycles. The number of allylic oxidation sites excluding steroid dienone is 2. The van der Waals surface area contributed by atoms with E-state index in [9.17, 15) is 73.9 Å². The van der Waals surface area contributed by atoms with Gasteiger partial charge in [0.15, 0.2) is 37.2 Å². The van der Waals surface area contributed by atoms with Crippen molar-refractivity contribution >= 4 is 16.2 Å². The zero-order valence-corrected chi connectivity index (χ0v) is 50.8. The first-order valence-corrected chi connectivity index (χ1v) is 31.5. The lowest BCUT2D eigenvalue weighted by molar-refractivity contribution is -0.398. The number of carbonyl (C=O) groups excluding carboxylic acids is 1. The van der Waals surface area contributed by atoms with Gasteiger partial charge in [-0.05, 0) is 120 Å². The Balaban J connectivity index is 0.985. The van der Waals surface area contributed by atoms with Crippen LogP contribution in [0.2, 0.25) is 0 Å². The molecule has 0 bridgehead atoms. The number of hydrogen-bond donors (Lipinski definition) is 12. The normalized spacial score (nSPS) is 51.3. The van der Waals surface area contributed by atoms with Crippen molar-refractivity contribution in [2.24, 2.45) is 40.4 Å². The number of methoxy groups -OCH3 is 1. The van der Waals surface area contributed by atoms with Gasteiger partial charge in [0.1, 0.15) is 97.2 Å². The summed E-state index contributed by atoms with van der Waals surface area (Å²) in [7, 11) is -3.63. The maximum atomic E-state index is 13.8. The van der Waals surface area contributed by atoms with Crippen molar-refractivity contribution in [3.63, 3.8) is 0 Å². The topological polar surface area (TPSA) is 405 Å². The van der Waals surface area contributed by atoms with Crippen LogP contribution in [0.5, 0.6) is 0 Å². The van der Waals surface area contributed by atoms with Crippen molar-refractivity contribution < 1.29 is 130 Å². The van der Waals surface area contributed by atoms with Gasteiger partial charge >= 0.3 is 10.4 Å². The molecule has 0 radical (unpaired) electrons. The molecule has 0 aromatic heterocycles. The van der Waals surface area contributed by atoms with Gasteiger partial charge in [0.05, 0.1) is 43.2 Å². The quantitative estimate of drug-likeness (QED) is 0.0579. The van der Waals surface area contributed by atoms with Crippen LogP contribution in [0.25, 0.3) is 0 Å². The second-order valence-electron chi connectivity index (χ2n) is 26.7. The Morgan fingerprint density at radius 2 is 1.16 bits per heavy atom.